The SMILES string of the molecule is Nc1ccc(Cl)cc1C(=O)c1ccccc1C(F)(F)F. The lowest BCUT2D eigenvalue weighted by Gasteiger charge is -2.12. The van der Waals surface area contributed by atoms with Crippen molar-refractivity contribution in [2.75, 3.05) is 5.73 Å². The molecule has 0 aliphatic heterocycles. The van der Waals surface area contributed by atoms with E-state index in [0.29, 0.717) is 0 Å². The minimum Gasteiger partial charge on any atom is -0.398 e. The van der Waals surface area contributed by atoms with E-state index in [4.69, 9.17) is 17.3 Å². The normalized spacial score (nSPS) is 11.4. The Morgan fingerprint density at radius 3 is 2.35 bits per heavy atom. The van der Waals surface area contributed by atoms with E-state index in [1.54, 1.807) is 0 Å². The smallest absolute Gasteiger partial charge is 0.398 e. The zero-order chi connectivity index (χ0) is 14.9. The van der Waals surface area contributed by atoms with Gasteiger partial charge in [-0.05, 0) is 24.3 Å². The first-order chi connectivity index (χ1) is 9.30. The average molecular weight is 300 g/mol. The quantitative estimate of drug-likeness (QED) is 0.668. The summed E-state index contributed by atoms with van der Waals surface area (Å²) < 4.78 is 38.7. The van der Waals surface area contributed by atoms with E-state index >= 15 is 0 Å². The van der Waals surface area contributed by atoms with E-state index in [9.17, 15) is 18.0 Å². The highest BCUT2D eigenvalue weighted by Gasteiger charge is 2.35. The molecular weight excluding hydrogens is 291 g/mol. The first kappa shape index (κ1) is 14.4. The molecule has 0 amide bonds. The van der Waals surface area contributed by atoms with Crippen molar-refractivity contribution in [3.05, 3.63) is 64.2 Å². The molecule has 0 unspecified atom stereocenters. The third-order valence-electron chi connectivity index (χ3n) is 2.74. The average Bonchev–Trinajstić information content (AvgIpc) is 2.40. The molecule has 2 aromatic carbocycles. The van der Waals surface area contributed by atoms with Crippen LogP contribution in [0.4, 0.5) is 18.9 Å². The number of benzene rings is 2. The van der Waals surface area contributed by atoms with Crippen molar-refractivity contribution < 1.29 is 18.0 Å². The van der Waals surface area contributed by atoms with Crippen LogP contribution in [0.15, 0.2) is 42.5 Å². The first-order valence-electron chi connectivity index (χ1n) is 5.56. The molecule has 20 heavy (non-hydrogen) atoms. The molecule has 0 heterocycles. The second kappa shape index (κ2) is 5.17. The van der Waals surface area contributed by atoms with Gasteiger partial charge in [0.25, 0.3) is 0 Å². The fraction of sp³-hybridized carbons (Fsp3) is 0.0714. The minimum atomic E-state index is -4.61. The summed E-state index contributed by atoms with van der Waals surface area (Å²) in [6, 6.07) is 8.66. The third kappa shape index (κ3) is 2.77. The van der Waals surface area contributed by atoms with Gasteiger partial charge in [-0.2, -0.15) is 13.2 Å². The molecule has 2 nitrogen and oxygen atoms in total. The van der Waals surface area contributed by atoms with Crippen LogP contribution in [0.2, 0.25) is 5.02 Å². The number of carbonyl (C=O) groups excluding carboxylic acids is 1. The van der Waals surface area contributed by atoms with Gasteiger partial charge in [0.1, 0.15) is 0 Å². The van der Waals surface area contributed by atoms with E-state index in [0.717, 1.165) is 12.1 Å². The standard InChI is InChI=1S/C14H9ClF3NO/c15-8-5-6-12(19)10(7-8)13(20)9-3-1-2-4-11(9)14(16,17)18/h1-7H,19H2. The predicted octanol–water partition coefficient (Wildman–Crippen LogP) is 4.17. The van der Waals surface area contributed by atoms with Gasteiger partial charge in [-0.3, -0.25) is 4.79 Å². The zero-order valence-electron chi connectivity index (χ0n) is 10.0. The van der Waals surface area contributed by atoms with E-state index in [1.165, 1.54) is 30.3 Å². The summed E-state index contributed by atoms with van der Waals surface area (Å²) in [5, 5.41) is 0.229. The number of hydrogen-bond acceptors (Lipinski definition) is 2. The Balaban J connectivity index is 2.57. The Morgan fingerprint density at radius 1 is 1.05 bits per heavy atom. The number of rotatable bonds is 2. The highest BCUT2D eigenvalue weighted by atomic mass is 35.5. The number of ketones is 1. The largest absolute Gasteiger partial charge is 0.417 e. The highest BCUT2D eigenvalue weighted by molar-refractivity contribution is 6.31. The highest BCUT2D eigenvalue weighted by Crippen LogP contribution is 2.33. The van der Waals surface area contributed by atoms with E-state index in [-0.39, 0.29) is 16.3 Å². The Labute approximate surface area is 118 Å². The maximum atomic E-state index is 12.9. The van der Waals surface area contributed by atoms with Crippen LogP contribution in [0.1, 0.15) is 21.5 Å². The second-order valence-corrected chi connectivity index (χ2v) is 4.54. The minimum absolute atomic E-state index is 0.0470. The predicted molar refractivity (Wildman–Crippen MR) is 70.7 cm³/mol. The summed E-state index contributed by atoms with van der Waals surface area (Å²) in [4.78, 5) is 12.2. The molecule has 2 aromatic rings. The van der Waals surface area contributed by atoms with E-state index in [1.807, 2.05) is 0 Å². The topological polar surface area (TPSA) is 43.1 Å². The lowest BCUT2D eigenvalue weighted by Crippen LogP contribution is -2.14. The van der Waals surface area contributed by atoms with Gasteiger partial charge in [-0.1, -0.05) is 29.8 Å². The van der Waals surface area contributed by atoms with Crippen LogP contribution in [0.25, 0.3) is 0 Å². The van der Waals surface area contributed by atoms with Crippen LogP contribution in [0.3, 0.4) is 0 Å². The molecule has 2 rings (SSSR count). The van der Waals surface area contributed by atoms with Crippen molar-refractivity contribution in [2.45, 2.75) is 6.18 Å². The molecule has 0 fully saturated rings. The van der Waals surface area contributed by atoms with Crippen molar-refractivity contribution in [3.63, 3.8) is 0 Å². The fourth-order valence-electron chi connectivity index (χ4n) is 1.80. The van der Waals surface area contributed by atoms with Crippen molar-refractivity contribution in [1.82, 2.24) is 0 Å². The van der Waals surface area contributed by atoms with Gasteiger partial charge in [0.2, 0.25) is 0 Å². The van der Waals surface area contributed by atoms with Gasteiger partial charge in [0, 0.05) is 21.8 Å². The Morgan fingerprint density at radius 2 is 1.70 bits per heavy atom. The Bertz CT molecular complexity index is 668. The van der Waals surface area contributed by atoms with Crippen LogP contribution in [0, 0.1) is 0 Å². The maximum Gasteiger partial charge on any atom is 0.417 e. The molecule has 0 radical (unpaired) electrons. The molecule has 2 N–H and O–H groups in total. The Kier molecular flexibility index (Phi) is 3.72. The zero-order valence-corrected chi connectivity index (χ0v) is 10.8. The number of alkyl halides is 3. The molecule has 0 spiro atoms. The molecule has 0 aromatic heterocycles. The summed E-state index contributed by atoms with van der Waals surface area (Å²) in [7, 11) is 0. The molecule has 0 aliphatic rings. The summed E-state index contributed by atoms with van der Waals surface area (Å²) in [6.45, 7) is 0. The Hall–Kier alpha value is -2.01. The monoisotopic (exact) mass is 299 g/mol. The van der Waals surface area contributed by atoms with E-state index < -0.39 is 23.1 Å². The van der Waals surface area contributed by atoms with Crippen LogP contribution >= 0.6 is 11.6 Å². The van der Waals surface area contributed by atoms with Gasteiger partial charge < -0.3 is 5.73 Å². The van der Waals surface area contributed by atoms with Crippen LogP contribution < -0.4 is 5.73 Å². The molecule has 0 saturated carbocycles. The van der Waals surface area contributed by atoms with Crippen molar-refractivity contribution in [1.29, 1.82) is 0 Å². The lowest BCUT2D eigenvalue weighted by atomic mass is 9.97. The van der Waals surface area contributed by atoms with Crippen LogP contribution in [-0.2, 0) is 6.18 Å². The van der Waals surface area contributed by atoms with Gasteiger partial charge in [0.15, 0.2) is 5.78 Å². The van der Waals surface area contributed by atoms with Gasteiger partial charge >= 0.3 is 6.18 Å². The second-order valence-electron chi connectivity index (χ2n) is 4.10. The molecule has 104 valence electrons. The maximum absolute atomic E-state index is 12.9. The van der Waals surface area contributed by atoms with E-state index in [2.05, 4.69) is 0 Å². The molecule has 0 saturated heterocycles. The molecular formula is C14H9ClF3NO. The molecule has 0 atom stereocenters. The van der Waals surface area contributed by atoms with Crippen molar-refractivity contribution >= 4 is 23.1 Å². The van der Waals surface area contributed by atoms with Gasteiger partial charge in [0.05, 0.1) is 5.56 Å². The molecule has 6 heteroatoms. The van der Waals surface area contributed by atoms with Crippen LogP contribution in [0.5, 0.6) is 0 Å². The van der Waals surface area contributed by atoms with Gasteiger partial charge in [-0.25, -0.2) is 0 Å². The number of hydrogen-bond donors (Lipinski definition) is 1. The van der Waals surface area contributed by atoms with Crippen molar-refractivity contribution in [2.24, 2.45) is 0 Å². The summed E-state index contributed by atoms with van der Waals surface area (Å²) >= 11 is 5.75. The molecule has 0 aliphatic carbocycles. The lowest BCUT2D eigenvalue weighted by molar-refractivity contribution is -0.137. The van der Waals surface area contributed by atoms with Crippen LogP contribution in [-0.4, -0.2) is 5.78 Å². The summed E-state index contributed by atoms with van der Waals surface area (Å²) in [6.07, 6.45) is -4.61. The number of carbonyl (C=O) groups is 1. The summed E-state index contributed by atoms with van der Waals surface area (Å²) in [5.74, 6) is -0.807. The number of halogens is 4. The summed E-state index contributed by atoms with van der Waals surface area (Å²) in [5.41, 5.74) is 4.21. The number of nitrogen functional groups attached to an aromatic ring is 1. The number of nitrogens with two attached hydrogens (primary N) is 1. The fourth-order valence-corrected chi connectivity index (χ4v) is 1.97. The van der Waals surface area contributed by atoms with Crippen molar-refractivity contribution in [3.8, 4) is 0 Å². The van der Waals surface area contributed by atoms with Gasteiger partial charge in [-0.15, -0.1) is 0 Å². The third-order valence-corrected chi connectivity index (χ3v) is 2.97. The number of anilines is 1. The first-order valence-corrected chi connectivity index (χ1v) is 5.94. The molecule has 0 bridgehead atoms.